The van der Waals surface area contributed by atoms with Gasteiger partial charge in [-0.1, -0.05) is 81.0 Å². The van der Waals surface area contributed by atoms with Crippen LogP contribution in [0.4, 0.5) is 0 Å². The van der Waals surface area contributed by atoms with Gasteiger partial charge in [0.2, 0.25) is 0 Å². The smallest absolute Gasteiger partial charge is 0.326 e. The molecule has 3 aromatic rings. The number of benzene rings is 3. The molecule has 2 aliphatic rings. The van der Waals surface area contributed by atoms with Crippen LogP contribution in [-0.2, 0) is 0 Å². The molecule has 3 aromatic carbocycles. The summed E-state index contributed by atoms with van der Waals surface area (Å²) < 4.78 is 13.8. The predicted octanol–water partition coefficient (Wildman–Crippen LogP) is 9.49. The van der Waals surface area contributed by atoms with Crippen LogP contribution in [0.15, 0.2) is 66.7 Å². The lowest BCUT2D eigenvalue weighted by Crippen LogP contribution is -2.14. The van der Waals surface area contributed by atoms with Crippen molar-refractivity contribution in [1.82, 2.24) is 0 Å². The van der Waals surface area contributed by atoms with E-state index in [1.165, 1.54) is 86.5 Å². The fourth-order valence-electron chi connectivity index (χ4n) is 5.80. The first kappa shape index (κ1) is 24.4. The fraction of sp³-hybridized carbons (Fsp3) is 0.438. The van der Waals surface area contributed by atoms with E-state index >= 15 is 0 Å². The second-order valence-corrected chi connectivity index (χ2v) is 11.9. The first-order valence-corrected chi connectivity index (χ1v) is 14.8. The molecule has 0 N–H and O–H groups in total. The van der Waals surface area contributed by atoms with Gasteiger partial charge in [-0.2, -0.15) is 0 Å². The van der Waals surface area contributed by atoms with Crippen molar-refractivity contribution in [3.8, 4) is 11.5 Å². The van der Waals surface area contributed by atoms with Crippen molar-refractivity contribution < 1.29 is 9.05 Å². The van der Waals surface area contributed by atoms with Crippen molar-refractivity contribution in [2.75, 3.05) is 0 Å². The molecule has 0 aliphatic heterocycles. The molecule has 184 valence electrons. The van der Waals surface area contributed by atoms with Gasteiger partial charge >= 0.3 is 8.38 Å². The van der Waals surface area contributed by atoms with Gasteiger partial charge in [0, 0.05) is 0 Å². The normalized spacial score (nSPS) is 17.5. The highest BCUT2D eigenvalue weighted by Gasteiger charge is 2.26. The van der Waals surface area contributed by atoms with Gasteiger partial charge < -0.3 is 9.05 Å². The van der Waals surface area contributed by atoms with E-state index in [0.29, 0.717) is 11.8 Å². The number of hydrogen-bond acceptors (Lipinski definition) is 2. The minimum absolute atomic E-state index is 0.587. The minimum atomic E-state index is -1.31. The Labute approximate surface area is 213 Å². The Bertz CT molecular complexity index is 1030. The Hall–Kier alpha value is -2.31. The number of aryl methyl sites for hydroxylation is 2. The van der Waals surface area contributed by atoms with E-state index in [4.69, 9.17) is 9.05 Å². The van der Waals surface area contributed by atoms with Crippen LogP contribution in [0.25, 0.3) is 0 Å². The van der Waals surface area contributed by atoms with Crippen molar-refractivity contribution in [3.63, 3.8) is 0 Å². The van der Waals surface area contributed by atoms with Gasteiger partial charge in [-0.15, -0.1) is 0 Å². The molecule has 2 nitrogen and oxygen atoms in total. The molecule has 0 bridgehead atoms. The molecule has 0 saturated heterocycles. The molecular weight excluding hydrogens is 447 g/mol. The molecule has 2 aliphatic carbocycles. The first-order chi connectivity index (χ1) is 17.2. The summed E-state index contributed by atoms with van der Waals surface area (Å²) in [4.78, 5) is 0. The summed E-state index contributed by atoms with van der Waals surface area (Å²) in [5.74, 6) is 3.20. The highest BCUT2D eigenvalue weighted by molar-refractivity contribution is 7.56. The second kappa shape index (κ2) is 11.6. The van der Waals surface area contributed by atoms with Gasteiger partial charge in [0.25, 0.3) is 0 Å². The summed E-state index contributed by atoms with van der Waals surface area (Å²) in [7, 11) is -1.31. The van der Waals surface area contributed by atoms with Gasteiger partial charge in [0.05, 0.1) is 5.30 Å². The lowest BCUT2D eigenvalue weighted by molar-refractivity contribution is 0.422. The lowest BCUT2D eigenvalue weighted by Gasteiger charge is -2.28. The molecule has 2 saturated carbocycles. The van der Waals surface area contributed by atoms with Crippen molar-refractivity contribution in [3.05, 3.63) is 89.0 Å². The summed E-state index contributed by atoms with van der Waals surface area (Å²) in [5, 5.41) is 1.12. The topological polar surface area (TPSA) is 18.5 Å². The summed E-state index contributed by atoms with van der Waals surface area (Å²) in [6.07, 6.45) is 13.0. The van der Waals surface area contributed by atoms with Crippen molar-refractivity contribution in [2.24, 2.45) is 0 Å². The average molecular weight is 487 g/mol. The van der Waals surface area contributed by atoms with Gasteiger partial charge in [-0.05, 0) is 97.9 Å². The zero-order chi connectivity index (χ0) is 24.0. The van der Waals surface area contributed by atoms with Gasteiger partial charge in [-0.25, -0.2) is 0 Å². The standard InChI is InChI=1S/C32H39O2P/c1-24-18-20-29(26-12-6-3-7-13-26)31(22-24)33-35(28-16-10-5-11-17-28)34-32-23-25(2)19-21-30(32)27-14-8-4-9-15-27/h5,10-11,16-23,26-27H,3-4,6-9,12-15H2,1-2H3. The van der Waals surface area contributed by atoms with Crippen LogP contribution in [0, 0.1) is 13.8 Å². The monoisotopic (exact) mass is 486 g/mol. The second-order valence-electron chi connectivity index (χ2n) is 10.5. The van der Waals surface area contributed by atoms with E-state index in [-0.39, 0.29) is 0 Å². The third-order valence-electron chi connectivity index (χ3n) is 7.76. The Morgan fingerprint density at radius 2 is 1.03 bits per heavy atom. The predicted molar refractivity (Wildman–Crippen MR) is 148 cm³/mol. The van der Waals surface area contributed by atoms with Crippen LogP contribution in [0.2, 0.25) is 0 Å². The number of hydrogen-bond donors (Lipinski definition) is 0. The maximum atomic E-state index is 6.89. The van der Waals surface area contributed by atoms with Crippen molar-refractivity contribution in [1.29, 1.82) is 0 Å². The van der Waals surface area contributed by atoms with Crippen LogP contribution in [0.3, 0.4) is 0 Å². The molecule has 0 heterocycles. The summed E-state index contributed by atoms with van der Waals surface area (Å²) in [5.41, 5.74) is 5.19. The molecule has 3 heteroatoms. The molecule has 0 spiro atoms. The molecule has 0 amide bonds. The fourth-order valence-corrected chi connectivity index (χ4v) is 7.13. The van der Waals surface area contributed by atoms with E-state index < -0.39 is 8.38 Å². The quantitative estimate of drug-likeness (QED) is 0.310. The highest BCUT2D eigenvalue weighted by atomic mass is 31.2. The van der Waals surface area contributed by atoms with E-state index in [1.807, 2.05) is 0 Å². The molecular formula is C32H39O2P. The Kier molecular flexibility index (Phi) is 8.09. The van der Waals surface area contributed by atoms with Crippen LogP contribution in [0.5, 0.6) is 11.5 Å². The summed E-state index contributed by atoms with van der Waals surface area (Å²) >= 11 is 0. The largest absolute Gasteiger partial charge is 0.435 e. The van der Waals surface area contributed by atoms with E-state index in [2.05, 4.69) is 80.6 Å². The summed E-state index contributed by atoms with van der Waals surface area (Å²) in [6, 6.07) is 24.1. The third-order valence-corrected chi connectivity index (χ3v) is 9.20. The molecule has 2 fully saturated rings. The Morgan fingerprint density at radius 1 is 0.571 bits per heavy atom. The lowest BCUT2D eigenvalue weighted by atomic mass is 9.83. The summed E-state index contributed by atoms with van der Waals surface area (Å²) in [6.45, 7) is 4.32. The van der Waals surface area contributed by atoms with E-state index in [1.54, 1.807) is 0 Å². The maximum Gasteiger partial charge on any atom is 0.326 e. The third kappa shape index (κ3) is 6.10. The Morgan fingerprint density at radius 3 is 1.49 bits per heavy atom. The molecule has 0 unspecified atom stereocenters. The molecule has 35 heavy (non-hydrogen) atoms. The van der Waals surface area contributed by atoms with Gasteiger partial charge in [0.1, 0.15) is 11.5 Å². The Balaban J connectivity index is 1.49. The van der Waals surface area contributed by atoms with Crippen LogP contribution < -0.4 is 14.4 Å². The number of rotatable bonds is 7. The van der Waals surface area contributed by atoms with Crippen LogP contribution in [-0.4, -0.2) is 0 Å². The van der Waals surface area contributed by atoms with Crippen LogP contribution >= 0.6 is 8.38 Å². The van der Waals surface area contributed by atoms with Crippen LogP contribution in [0.1, 0.15) is 98.3 Å². The average Bonchev–Trinajstić information content (AvgIpc) is 2.90. The molecule has 0 radical (unpaired) electrons. The van der Waals surface area contributed by atoms with E-state index in [0.717, 1.165) is 16.8 Å². The molecule has 5 rings (SSSR count). The van der Waals surface area contributed by atoms with Crippen molar-refractivity contribution >= 4 is 13.7 Å². The highest BCUT2D eigenvalue weighted by Crippen LogP contribution is 2.47. The van der Waals surface area contributed by atoms with Crippen molar-refractivity contribution in [2.45, 2.75) is 89.9 Å². The SMILES string of the molecule is Cc1ccc(C2CCCCC2)c(OP(Oc2cc(C)ccc2C2CCCCC2)c2ccccc2)c1. The molecule has 0 atom stereocenters. The zero-order valence-electron chi connectivity index (χ0n) is 21.3. The first-order valence-electron chi connectivity index (χ1n) is 13.6. The van der Waals surface area contributed by atoms with Gasteiger partial charge in [-0.3, -0.25) is 0 Å². The van der Waals surface area contributed by atoms with E-state index in [9.17, 15) is 0 Å². The zero-order valence-corrected chi connectivity index (χ0v) is 22.2. The molecule has 0 aromatic heterocycles. The van der Waals surface area contributed by atoms with Gasteiger partial charge in [0.15, 0.2) is 0 Å². The maximum absolute atomic E-state index is 6.89. The minimum Gasteiger partial charge on any atom is -0.435 e.